The third kappa shape index (κ3) is 2.36. The minimum Gasteiger partial charge on any atom is -0.507 e. The van der Waals surface area contributed by atoms with E-state index in [0.717, 1.165) is 16.7 Å². The molecule has 0 aliphatic heterocycles. The zero-order valence-corrected chi connectivity index (χ0v) is 11.1. The lowest BCUT2D eigenvalue weighted by molar-refractivity contribution is 0.453. The van der Waals surface area contributed by atoms with Gasteiger partial charge in [-0.1, -0.05) is 19.9 Å². The highest BCUT2D eigenvalue weighted by molar-refractivity contribution is 5.78. The van der Waals surface area contributed by atoms with Crippen molar-refractivity contribution in [3.8, 4) is 28.4 Å². The highest BCUT2D eigenvalue weighted by Gasteiger charge is 2.14. The van der Waals surface area contributed by atoms with Crippen molar-refractivity contribution in [3.63, 3.8) is 0 Å². The predicted molar refractivity (Wildman–Crippen MR) is 75.6 cm³/mol. The molecule has 0 spiro atoms. The van der Waals surface area contributed by atoms with Gasteiger partial charge >= 0.3 is 0 Å². The maximum Gasteiger partial charge on any atom is 0.127 e. The van der Waals surface area contributed by atoms with E-state index in [1.54, 1.807) is 18.2 Å². The lowest BCUT2D eigenvalue weighted by Crippen LogP contribution is -1.92. The third-order valence-corrected chi connectivity index (χ3v) is 3.34. The Bertz CT molecular complexity index is 558. The number of rotatable bonds is 3. The Kier molecular flexibility index (Phi) is 3.65. The van der Waals surface area contributed by atoms with E-state index in [-0.39, 0.29) is 11.5 Å². The Morgan fingerprint density at radius 3 is 1.74 bits per heavy atom. The van der Waals surface area contributed by atoms with Crippen molar-refractivity contribution >= 4 is 0 Å². The molecule has 0 unspecified atom stereocenters. The molecule has 0 fully saturated rings. The average molecular weight is 258 g/mol. The van der Waals surface area contributed by atoms with Crippen LogP contribution >= 0.6 is 0 Å². The van der Waals surface area contributed by atoms with Crippen LogP contribution in [0.25, 0.3) is 11.1 Å². The van der Waals surface area contributed by atoms with Gasteiger partial charge in [-0.2, -0.15) is 0 Å². The molecular weight excluding hydrogens is 240 g/mol. The number of phenols is 3. The molecule has 3 N–H and O–H groups in total. The number of phenolic OH excluding ortho intramolecular Hbond substituents is 3. The number of benzene rings is 2. The van der Waals surface area contributed by atoms with Gasteiger partial charge < -0.3 is 15.3 Å². The standard InChI is InChI=1S/C16H18O3/c1-3-10-8-12(9-11(4-2)16(10)19)15-13(17)6-5-7-14(15)18/h5-9,17-19H,3-4H2,1-2H3. The number of aromatic hydroxyl groups is 3. The van der Waals surface area contributed by atoms with E-state index < -0.39 is 0 Å². The van der Waals surface area contributed by atoms with Gasteiger partial charge in [0, 0.05) is 0 Å². The van der Waals surface area contributed by atoms with Gasteiger partial charge in [0.25, 0.3) is 0 Å². The van der Waals surface area contributed by atoms with Crippen LogP contribution in [0.4, 0.5) is 0 Å². The molecule has 100 valence electrons. The van der Waals surface area contributed by atoms with Gasteiger partial charge in [-0.3, -0.25) is 0 Å². The first-order chi connectivity index (χ1) is 9.08. The summed E-state index contributed by atoms with van der Waals surface area (Å²) in [5.41, 5.74) is 2.77. The summed E-state index contributed by atoms with van der Waals surface area (Å²) < 4.78 is 0. The largest absolute Gasteiger partial charge is 0.507 e. The van der Waals surface area contributed by atoms with E-state index >= 15 is 0 Å². The van der Waals surface area contributed by atoms with Crippen molar-refractivity contribution in [2.45, 2.75) is 26.7 Å². The van der Waals surface area contributed by atoms with E-state index in [9.17, 15) is 15.3 Å². The summed E-state index contributed by atoms with van der Waals surface area (Å²) in [6, 6.07) is 8.29. The van der Waals surface area contributed by atoms with Crippen LogP contribution in [0.15, 0.2) is 30.3 Å². The van der Waals surface area contributed by atoms with Gasteiger partial charge in [-0.15, -0.1) is 0 Å². The van der Waals surface area contributed by atoms with Crippen LogP contribution in [0.3, 0.4) is 0 Å². The smallest absolute Gasteiger partial charge is 0.127 e. The molecule has 0 saturated carbocycles. The lowest BCUT2D eigenvalue weighted by Gasteiger charge is -2.13. The van der Waals surface area contributed by atoms with Gasteiger partial charge in [-0.05, 0) is 53.8 Å². The Morgan fingerprint density at radius 1 is 0.842 bits per heavy atom. The topological polar surface area (TPSA) is 60.7 Å². The molecule has 19 heavy (non-hydrogen) atoms. The summed E-state index contributed by atoms with van der Waals surface area (Å²) in [5.74, 6) is 0.383. The molecule has 0 amide bonds. The second-order valence-electron chi connectivity index (χ2n) is 4.52. The second-order valence-corrected chi connectivity index (χ2v) is 4.52. The average Bonchev–Trinajstić information content (AvgIpc) is 2.40. The second kappa shape index (κ2) is 5.22. The van der Waals surface area contributed by atoms with Crippen LogP contribution in [-0.4, -0.2) is 15.3 Å². The first-order valence-electron chi connectivity index (χ1n) is 6.44. The molecule has 3 nitrogen and oxygen atoms in total. The molecule has 0 heterocycles. The van der Waals surface area contributed by atoms with Crippen molar-refractivity contribution < 1.29 is 15.3 Å². The Morgan fingerprint density at radius 2 is 1.32 bits per heavy atom. The highest BCUT2D eigenvalue weighted by Crippen LogP contribution is 2.39. The summed E-state index contributed by atoms with van der Waals surface area (Å²) in [5, 5.41) is 29.9. The van der Waals surface area contributed by atoms with Crippen LogP contribution < -0.4 is 0 Å². The summed E-state index contributed by atoms with van der Waals surface area (Å²) in [6.07, 6.45) is 1.39. The van der Waals surface area contributed by atoms with Crippen LogP contribution in [-0.2, 0) is 12.8 Å². The predicted octanol–water partition coefficient (Wildman–Crippen LogP) is 3.60. The minimum absolute atomic E-state index is 0.0368. The Hall–Kier alpha value is -2.16. The quantitative estimate of drug-likeness (QED) is 0.788. The van der Waals surface area contributed by atoms with Crippen LogP contribution in [0.1, 0.15) is 25.0 Å². The SMILES string of the molecule is CCc1cc(-c2c(O)cccc2O)cc(CC)c1O. The van der Waals surface area contributed by atoms with E-state index in [1.165, 1.54) is 0 Å². The molecule has 0 atom stereocenters. The van der Waals surface area contributed by atoms with Crippen LogP contribution in [0, 0.1) is 0 Å². The first kappa shape index (κ1) is 13.3. The molecule has 0 aliphatic rings. The number of hydrogen-bond donors (Lipinski definition) is 3. The van der Waals surface area contributed by atoms with E-state index in [2.05, 4.69) is 0 Å². The van der Waals surface area contributed by atoms with Crippen molar-refractivity contribution in [1.82, 2.24) is 0 Å². The highest BCUT2D eigenvalue weighted by atomic mass is 16.3. The molecule has 0 bridgehead atoms. The molecular formula is C16H18O3. The summed E-state index contributed by atoms with van der Waals surface area (Å²) in [4.78, 5) is 0. The van der Waals surface area contributed by atoms with Crippen LogP contribution in [0.5, 0.6) is 17.2 Å². The van der Waals surface area contributed by atoms with Crippen LogP contribution in [0.2, 0.25) is 0 Å². The molecule has 0 saturated heterocycles. The maximum absolute atomic E-state index is 10.1. The fraction of sp³-hybridized carbons (Fsp3) is 0.250. The van der Waals surface area contributed by atoms with Crippen molar-refractivity contribution in [1.29, 1.82) is 0 Å². The summed E-state index contributed by atoms with van der Waals surface area (Å²) in [6.45, 7) is 3.92. The van der Waals surface area contributed by atoms with Crippen molar-refractivity contribution in [2.75, 3.05) is 0 Å². The molecule has 3 heteroatoms. The summed E-state index contributed by atoms with van der Waals surface area (Å²) in [7, 11) is 0. The molecule has 2 aromatic rings. The molecule has 0 radical (unpaired) electrons. The molecule has 2 rings (SSSR count). The van der Waals surface area contributed by atoms with Gasteiger partial charge in [-0.25, -0.2) is 0 Å². The normalized spacial score (nSPS) is 10.6. The van der Waals surface area contributed by atoms with Gasteiger partial charge in [0.05, 0.1) is 5.56 Å². The Labute approximate surface area is 112 Å². The van der Waals surface area contributed by atoms with Gasteiger partial charge in [0.15, 0.2) is 0 Å². The number of hydrogen-bond acceptors (Lipinski definition) is 3. The zero-order valence-electron chi connectivity index (χ0n) is 11.1. The number of aryl methyl sites for hydroxylation is 2. The van der Waals surface area contributed by atoms with E-state index in [0.29, 0.717) is 24.2 Å². The third-order valence-electron chi connectivity index (χ3n) is 3.34. The zero-order chi connectivity index (χ0) is 14.0. The van der Waals surface area contributed by atoms with Crippen molar-refractivity contribution in [3.05, 3.63) is 41.5 Å². The van der Waals surface area contributed by atoms with Crippen molar-refractivity contribution in [2.24, 2.45) is 0 Å². The van der Waals surface area contributed by atoms with Gasteiger partial charge in [0.2, 0.25) is 0 Å². The van der Waals surface area contributed by atoms with Gasteiger partial charge in [0.1, 0.15) is 17.2 Å². The maximum atomic E-state index is 10.1. The minimum atomic E-state index is 0.0368. The van der Waals surface area contributed by atoms with E-state index in [1.807, 2.05) is 26.0 Å². The monoisotopic (exact) mass is 258 g/mol. The molecule has 0 aliphatic carbocycles. The fourth-order valence-corrected chi connectivity index (χ4v) is 2.27. The molecule has 0 aromatic heterocycles. The summed E-state index contributed by atoms with van der Waals surface area (Å²) >= 11 is 0. The molecule has 2 aromatic carbocycles. The lowest BCUT2D eigenvalue weighted by atomic mass is 9.95. The fourth-order valence-electron chi connectivity index (χ4n) is 2.27. The first-order valence-corrected chi connectivity index (χ1v) is 6.44. The van der Waals surface area contributed by atoms with E-state index in [4.69, 9.17) is 0 Å². The Balaban J connectivity index is 2.69.